The lowest BCUT2D eigenvalue weighted by molar-refractivity contribution is 1.22. The van der Waals surface area contributed by atoms with E-state index >= 15 is 0 Å². The van der Waals surface area contributed by atoms with Gasteiger partial charge in [0.1, 0.15) is 5.45 Å². The maximum Gasteiger partial charge on any atom is 0.152 e. The number of aromatic nitrogens is 2. The highest BCUT2D eigenvalue weighted by molar-refractivity contribution is 6.93. The fraction of sp³-hybridized carbons (Fsp3) is 0.143. The Labute approximate surface area is 103 Å². The predicted octanol–water partition coefficient (Wildman–Crippen LogP) is 2.64. The largest absolute Gasteiger partial charge is 0.246 e. The first-order chi connectivity index (χ1) is 8.18. The fourth-order valence-corrected chi connectivity index (χ4v) is 3.15. The van der Waals surface area contributed by atoms with Crippen molar-refractivity contribution in [1.29, 1.82) is 0 Å². The van der Waals surface area contributed by atoms with Crippen molar-refractivity contribution in [1.82, 2.24) is 9.97 Å². The average Bonchev–Trinajstić information content (AvgIpc) is 2.39. The third-order valence-electron chi connectivity index (χ3n) is 2.63. The third kappa shape index (κ3) is 3.11. The van der Waals surface area contributed by atoms with E-state index in [2.05, 4.69) is 47.0 Å². The Morgan fingerprint density at radius 2 is 1.59 bits per heavy atom. The van der Waals surface area contributed by atoms with E-state index in [0.29, 0.717) is 0 Å². The van der Waals surface area contributed by atoms with Crippen molar-refractivity contribution in [2.24, 2.45) is 0 Å². The lowest BCUT2D eigenvalue weighted by atomic mass is 10.2. The van der Waals surface area contributed by atoms with Crippen molar-refractivity contribution < 1.29 is 0 Å². The van der Waals surface area contributed by atoms with Crippen LogP contribution in [0.1, 0.15) is 5.56 Å². The molecule has 0 aliphatic heterocycles. The molecule has 0 atom stereocenters. The smallest absolute Gasteiger partial charge is 0.152 e. The molecule has 0 unspecified atom stereocenters. The summed E-state index contributed by atoms with van der Waals surface area (Å²) in [5, 5.41) is 0. The average molecular weight is 240 g/mol. The zero-order chi connectivity index (χ0) is 12.1. The minimum Gasteiger partial charge on any atom is -0.246 e. The van der Waals surface area contributed by atoms with E-state index in [0.717, 1.165) is 5.45 Å². The van der Waals surface area contributed by atoms with Crippen LogP contribution in [-0.4, -0.2) is 18.0 Å². The monoisotopic (exact) mass is 240 g/mol. The number of hydrogen-bond acceptors (Lipinski definition) is 2. The lowest BCUT2D eigenvalue weighted by Gasteiger charge is -2.14. The summed E-state index contributed by atoms with van der Waals surface area (Å²) in [6.45, 7) is 4.50. The van der Waals surface area contributed by atoms with E-state index in [9.17, 15) is 0 Å². The van der Waals surface area contributed by atoms with Crippen LogP contribution in [0.2, 0.25) is 13.1 Å². The van der Waals surface area contributed by atoms with Gasteiger partial charge in [0.25, 0.3) is 0 Å². The van der Waals surface area contributed by atoms with Gasteiger partial charge in [-0.05, 0) is 11.6 Å². The molecule has 0 saturated carbocycles. The fourth-order valence-electron chi connectivity index (χ4n) is 1.58. The Morgan fingerprint density at radius 3 is 2.24 bits per heavy atom. The maximum atomic E-state index is 4.36. The maximum absolute atomic E-state index is 4.36. The summed E-state index contributed by atoms with van der Waals surface area (Å²) in [6.07, 6.45) is 5.80. The molecule has 2 rings (SSSR count). The quantitative estimate of drug-likeness (QED) is 0.771. The van der Waals surface area contributed by atoms with Crippen molar-refractivity contribution >= 4 is 19.6 Å². The first kappa shape index (κ1) is 11.7. The van der Waals surface area contributed by atoms with Gasteiger partial charge < -0.3 is 0 Å². The first-order valence-corrected chi connectivity index (χ1v) is 8.78. The molecule has 0 N–H and O–H groups in total. The van der Waals surface area contributed by atoms with Gasteiger partial charge in [-0.2, -0.15) is 0 Å². The van der Waals surface area contributed by atoms with Crippen LogP contribution in [0.25, 0.3) is 6.08 Å². The normalized spacial score (nSPS) is 11.9. The molecule has 0 radical (unpaired) electrons. The van der Waals surface area contributed by atoms with E-state index in [1.54, 1.807) is 0 Å². The molecule has 1 aromatic heterocycles. The minimum absolute atomic E-state index is 0.979. The van der Waals surface area contributed by atoms with Crippen LogP contribution in [0, 0.1) is 0 Å². The van der Waals surface area contributed by atoms with Gasteiger partial charge in [0.2, 0.25) is 0 Å². The molecule has 0 aliphatic carbocycles. The molecule has 0 amide bonds. The van der Waals surface area contributed by atoms with E-state index in [1.807, 2.05) is 36.7 Å². The van der Waals surface area contributed by atoms with Crippen LogP contribution < -0.4 is 5.45 Å². The molecule has 0 bridgehead atoms. The second-order valence-corrected chi connectivity index (χ2v) is 8.76. The van der Waals surface area contributed by atoms with E-state index in [-0.39, 0.29) is 0 Å². The number of hydrogen-bond donors (Lipinski definition) is 0. The topological polar surface area (TPSA) is 25.8 Å². The summed E-state index contributed by atoms with van der Waals surface area (Å²) in [4.78, 5) is 8.72. The molecule has 0 fully saturated rings. The van der Waals surface area contributed by atoms with Gasteiger partial charge in [-0.25, -0.2) is 9.97 Å². The summed E-state index contributed by atoms with van der Waals surface area (Å²) in [6, 6.07) is 12.2. The summed E-state index contributed by atoms with van der Waals surface area (Å²) in [5.74, 6) is 0. The molecule has 86 valence electrons. The second kappa shape index (κ2) is 5.06. The van der Waals surface area contributed by atoms with Gasteiger partial charge in [0.15, 0.2) is 8.07 Å². The summed E-state index contributed by atoms with van der Waals surface area (Å²) in [7, 11) is -1.66. The first-order valence-electron chi connectivity index (χ1n) is 5.70. The Bertz CT molecular complexity index is 492. The highest BCUT2D eigenvalue weighted by atomic mass is 28.3. The lowest BCUT2D eigenvalue weighted by Crippen LogP contribution is -2.43. The Hall–Kier alpha value is -1.74. The molecule has 3 heteroatoms. The minimum atomic E-state index is -1.66. The molecular formula is C14H16N2Si. The molecule has 0 aliphatic rings. The van der Waals surface area contributed by atoms with Crippen LogP contribution in [0.5, 0.6) is 0 Å². The molecule has 2 aromatic rings. The third-order valence-corrected chi connectivity index (χ3v) is 5.04. The van der Waals surface area contributed by atoms with Crippen molar-refractivity contribution in [2.45, 2.75) is 13.1 Å². The van der Waals surface area contributed by atoms with Crippen molar-refractivity contribution in [2.75, 3.05) is 0 Å². The number of nitrogens with zero attached hydrogens (tertiary/aromatic N) is 2. The Morgan fingerprint density at radius 1 is 0.941 bits per heavy atom. The molecule has 17 heavy (non-hydrogen) atoms. The highest BCUT2D eigenvalue weighted by Crippen LogP contribution is 2.07. The Balaban J connectivity index is 2.21. The van der Waals surface area contributed by atoms with Gasteiger partial charge >= 0.3 is 0 Å². The molecular weight excluding hydrogens is 224 g/mol. The van der Waals surface area contributed by atoms with Gasteiger partial charge in [0, 0.05) is 12.4 Å². The highest BCUT2D eigenvalue weighted by Gasteiger charge is 2.22. The van der Waals surface area contributed by atoms with Gasteiger partial charge in [-0.1, -0.05) is 55.2 Å². The van der Waals surface area contributed by atoms with Gasteiger partial charge in [-0.15, -0.1) is 0 Å². The standard InChI is InChI=1S/C14H16N2Si/c1-17(2,14-15-10-6-11-16-14)12-9-13-7-4-3-5-8-13/h3-12H,1-2H3/b12-9+. The van der Waals surface area contributed by atoms with Crippen molar-refractivity contribution in [3.05, 3.63) is 60.1 Å². The van der Waals surface area contributed by atoms with E-state index in [4.69, 9.17) is 0 Å². The summed E-state index contributed by atoms with van der Waals surface area (Å²) < 4.78 is 0. The van der Waals surface area contributed by atoms with Crippen LogP contribution in [0.3, 0.4) is 0 Å². The summed E-state index contributed by atoms with van der Waals surface area (Å²) >= 11 is 0. The molecule has 0 saturated heterocycles. The van der Waals surface area contributed by atoms with Gasteiger partial charge in [-0.3, -0.25) is 0 Å². The number of rotatable bonds is 3. The molecule has 2 nitrogen and oxygen atoms in total. The number of benzene rings is 1. The van der Waals surface area contributed by atoms with Crippen molar-refractivity contribution in [3.8, 4) is 0 Å². The van der Waals surface area contributed by atoms with Crippen LogP contribution in [0.15, 0.2) is 54.5 Å². The molecule has 0 spiro atoms. The predicted molar refractivity (Wildman–Crippen MR) is 74.6 cm³/mol. The summed E-state index contributed by atoms with van der Waals surface area (Å²) in [5.41, 5.74) is 4.48. The SMILES string of the molecule is C[Si](C)(/C=C/c1ccccc1)c1ncccn1. The Kier molecular flexibility index (Phi) is 3.49. The van der Waals surface area contributed by atoms with E-state index in [1.165, 1.54) is 5.56 Å². The van der Waals surface area contributed by atoms with Crippen molar-refractivity contribution in [3.63, 3.8) is 0 Å². The van der Waals surface area contributed by atoms with Crippen LogP contribution >= 0.6 is 0 Å². The molecule has 1 heterocycles. The second-order valence-electron chi connectivity index (χ2n) is 4.54. The zero-order valence-electron chi connectivity index (χ0n) is 10.2. The van der Waals surface area contributed by atoms with E-state index < -0.39 is 8.07 Å². The van der Waals surface area contributed by atoms with Gasteiger partial charge in [0.05, 0.1) is 0 Å². The van der Waals surface area contributed by atoms with Crippen LogP contribution in [0.4, 0.5) is 0 Å². The van der Waals surface area contributed by atoms with Crippen LogP contribution in [-0.2, 0) is 0 Å². The molecule has 1 aromatic carbocycles. The zero-order valence-corrected chi connectivity index (χ0v) is 11.2.